The van der Waals surface area contributed by atoms with Gasteiger partial charge in [0.15, 0.2) is 0 Å². The third-order valence-electron chi connectivity index (χ3n) is 2.91. The molecule has 0 aromatic carbocycles. The summed E-state index contributed by atoms with van der Waals surface area (Å²) < 4.78 is 5.84. The van der Waals surface area contributed by atoms with Gasteiger partial charge in [0.2, 0.25) is 0 Å². The SMILES string of the molecule is CC(C)OC1CC2C=CC=CC2C1. The van der Waals surface area contributed by atoms with Crippen molar-refractivity contribution in [1.29, 1.82) is 0 Å². The van der Waals surface area contributed by atoms with E-state index in [-0.39, 0.29) is 0 Å². The highest BCUT2D eigenvalue weighted by Crippen LogP contribution is 2.37. The largest absolute Gasteiger partial charge is 0.376 e. The van der Waals surface area contributed by atoms with Gasteiger partial charge in [0.25, 0.3) is 0 Å². The lowest BCUT2D eigenvalue weighted by molar-refractivity contribution is 0.0103. The van der Waals surface area contributed by atoms with E-state index < -0.39 is 0 Å². The van der Waals surface area contributed by atoms with Gasteiger partial charge in [0.05, 0.1) is 12.2 Å². The van der Waals surface area contributed by atoms with Crippen molar-refractivity contribution < 1.29 is 4.74 Å². The van der Waals surface area contributed by atoms with E-state index in [1.807, 2.05) is 0 Å². The van der Waals surface area contributed by atoms with Crippen molar-refractivity contribution in [2.45, 2.75) is 38.9 Å². The molecule has 1 heteroatoms. The Morgan fingerprint density at radius 3 is 2.08 bits per heavy atom. The van der Waals surface area contributed by atoms with E-state index in [4.69, 9.17) is 4.74 Å². The van der Waals surface area contributed by atoms with E-state index in [0.717, 1.165) is 11.8 Å². The van der Waals surface area contributed by atoms with E-state index in [2.05, 4.69) is 38.2 Å². The van der Waals surface area contributed by atoms with Crippen molar-refractivity contribution in [3.63, 3.8) is 0 Å². The maximum Gasteiger partial charge on any atom is 0.0590 e. The summed E-state index contributed by atoms with van der Waals surface area (Å²) >= 11 is 0. The molecule has 0 aromatic heterocycles. The van der Waals surface area contributed by atoms with Crippen LogP contribution >= 0.6 is 0 Å². The first kappa shape index (κ1) is 9.01. The van der Waals surface area contributed by atoms with Crippen molar-refractivity contribution in [3.8, 4) is 0 Å². The molecule has 0 N–H and O–H groups in total. The molecule has 0 aromatic rings. The average molecular weight is 178 g/mol. The first-order chi connectivity index (χ1) is 6.25. The minimum absolute atomic E-state index is 0.373. The lowest BCUT2D eigenvalue weighted by Crippen LogP contribution is -2.14. The highest BCUT2D eigenvalue weighted by Gasteiger charge is 2.32. The Kier molecular flexibility index (Phi) is 2.54. The maximum atomic E-state index is 5.84. The van der Waals surface area contributed by atoms with Crippen molar-refractivity contribution in [2.24, 2.45) is 11.8 Å². The van der Waals surface area contributed by atoms with Gasteiger partial charge in [-0.05, 0) is 38.5 Å². The minimum Gasteiger partial charge on any atom is -0.376 e. The Morgan fingerprint density at radius 2 is 1.62 bits per heavy atom. The summed E-state index contributed by atoms with van der Waals surface area (Å²) in [6.45, 7) is 4.24. The Morgan fingerprint density at radius 1 is 1.08 bits per heavy atom. The van der Waals surface area contributed by atoms with E-state index in [1.165, 1.54) is 12.8 Å². The topological polar surface area (TPSA) is 9.23 Å². The molecule has 2 aliphatic rings. The monoisotopic (exact) mass is 178 g/mol. The molecule has 1 nitrogen and oxygen atoms in total. The quantitative estimate of drug-likeness (QED) is 0.631. The minimum atomic E-state index is 0.373. The first-order valence-corrected chi connectivity index (χ1v) is 5.26. The summed E-state index contributed by atoms with van der Waals surface area (Å²) in [7, 11) is 0. The second-order valence-corrected chi connectivity index (χ2v) is 4.38. The average Bonchev–Trinajstić information content (AvgIpc) is 2.44. The lowest BCUT2D eigenvalue weighted by atomic mass is 9.92. The van der Waals surface area contributed by atoms with Crippen LogP contribution in [-0.2, 0) is 4.74 Å². The van der Waals surface area contributed by atoms with E-state index >= 15 is 0 Å². The van der Waals surface area contributed by atoms with Gasteiger partial charge in [-0.25, -0.2) is 0 Å². The molecule has 0 aliphatic heterocycles. The summed E-state index contributed by atoms with van der Waals surface area (Å²) in [5, 5.41) is 0. The van der Waals surface area contributed by atoms with Crippen LogP contribution in [0.4, 0.5) is 0 Å². The number of rotatable bonds is 2. The third kappa shape index (κ3) is 2.02. The molecular weight excluding hydrogens is 160 g/mol. The van der Waals surface area contributed by atoms with Crippen molar-refractivity contribution in [1.82, 2.24) is 0 Å². The zero-order valence-electron chi connectivity index (χ0n) is 8.44. The van der Waals surface area contributed by atoms with Gasteiger partial charge >= 0.3 is 0 Å². The van der Waals surface area contributed by atoms with Gasteiger partial charge < -0.3 is 4.74 Å². The molecule has 1 fully saturated rings. The normalized spacial score (nSPS) is 37.0. The Labute approximate surface area is 80.5 Å². The Bertz CT molecular complexity index is 207. The molecule has 0 radical (unpaired) electrons. The summed E-state index contributed by atoms with van der Waals surface area (Å²) in [4.78, 5) is 0. The summed E-state index contributed by atoms with van der Waals surface area (Å²) in [6, 6.07) is 0. The van der Waals surface area contributed by atoms with Crippen LogP contribution in [0, 0.1) is 11.8 Å². The Balaban J connectivity index is 1.93. The number of fused-ring (bicyclic) bond motifs is 1. The first-order valence-electron chi connectivity index (χ1n) is 5.26. The third-order valence-corrected chi connectivity index (χ3v) is 2.91. The number of hydrogen-bond donors (Lipinski definition) is 0. The number of hydrogen-bond acceptors (Lipinski definition) is 1. The van der Waals surface area contributed by atoms with Crippen LogP contribution < -0.4 is 0 Å². The predicted octanol–water partition coefficient (Wildman–Crippen LogP) is 2.93. The lowest BCUT2D eigenvalue weighted by Gasteiger charge is -2.14. The van der Waals surface area contributed by atoms with Crippen LogP contribution in [0.5, 0.6) is 0 Å². The standard InChI is InChI=1S/C12H18O/c1-9(2)13-12-7-10-5-3-4-6-11(10)8-12/h3-6,9-12H,7-8H2,1-2H3. The second kappa shape index (κ2) is 3.67. The highest BCUT2D eigenvalue weighted by molar-refractivity contribution is 5.17. The summed E-state index contributed by atoms with van der Waals surface area (Å²) in [5.74, 6) is 1.49. The van der Waals surface area contributed by atoms with Gasteiger partial charge in [0, 0.05) is 0 Å². The smallest absolute Gasteiger partial charge is 0.0590 e. The van der Waals surface area contributed by atoms with Crippen LogP contribution in [0.25, 0.3) is 0 Å². The van der Waals surface area contributed by atoms with Gasteiger partial charge in [-0.1, -0.05) is 24.3 Å². The van der Waals surface area contributed by atoms with Gasteiger partial charge in [-0.3, -0.25) is 0 Å². The molecule has 2 unspecified atom stereocenters. The van der Waals surface area contributed by atoms with Crippen LogP contribution in [0.15, 0.2) is 24.3 Å². The van der Waals surface area contributed by atoms with Gasteiger partial charge in [-0.15, -0.1) is 0 Å². The van der Waals surface area contributed by atoms with Gasteiger partial charge in [-0.2, -0.15) is 0 Å². The fraction of sp³-hybridized carbons (Fsp3) is 0.667. The number of allylic oxidation sites excluding steroid dienone is 4. The molecule has 0 amide bonds. The van der Waals surface area contributed by atoms with E-state index in [9.17, 15) is 0 Å². The molecular formula is C12H18O. The fourth-order valence-electron chi connectivity index (χ4n) is 2.41. The molecule has 13 heavy (non-hydrogen) atoms. The van der Waals surface area contributed by atoms with Crippen LogP contribution in [0.3, 0.4) is 0 Å². The zero-order valence-corrected chi connectivity index (χ0v) is 8.44. The molecule has 0 spiro atoms. The molecule has 2 rings (SSSR count). The summed E-state index contributed by atoms with van der Waals surface area (Å²) in [6.07, 6.45) is 12.3. The van der Waals surface area contributed by atoms with Crippen LogP contribution in [0.1, 0.15) is 26.7 Å². The van der Waals surface area contributed by atoms with Crippen LogP contribution in [-0.4, -0.2) is 12.2 Å². The molecule has 0 saturated heterocycles. The van der Waals surface area contributed by atoms with Crippen molar-refractivity contribution in [2.75, 3.05) is 0 Å². The molecule has 0 bridgehead atoms. The molecule has 2 aliphatic carbocycles. The highest BCUT2D eigenvalue weighted by atomic mass is 16.5. The zero-order chi connectivity index (χ0) is 9.26. The molecule has 0 heterocycles. The predicted molar refractivity (Wildman–Crippen MR) is 54.5 cm³/mol. The van der Waals surface area contributed by atoms with Crippen molar-refractivity contribution in [3.05, 3.63) is 24.3 Å². The van der Waals surface area contributed by atoms with Crippen LogP contribution in [0.2, 0.25) is 0 Å². The fourth-order valence-corrected chi connectivity index (χ4v) is 2.41. The van der Waals surface area contributed by atoms with Gasteiger partial charge in [0.1, 0.15) is 0 Å². The van der Waals surface area contributed by atoms with Crippen molar-refractivity contribution >= 4 is 0 Å². The van der Waals surface area contributed by atoms with E-state index in [1.54, 1.807) is 0 Å². The number of ether oxygens (including phenoxy) is 1. The van der Waals surface area contributed by atoms with E-state index in [0.29, 0.717) is 12.2 Å². The Hall–Kier alpha value is -0.560. The summed E-state index contributed by atoms with van der Waals surface area (Å²) in [5.41, 5.74) is 0. The maximum absolute atomic E-state index is 5.84. The second-order valence-electron chi connectivity index (χ2n) is 4.38. The molecule has 2 atom stereocenters. The molecule has 72 valence electrons. The molecule has 1 saturated carbocycles.